The normalized spacial score (nSPS) is 13.7. The molecule has 1 aromatic rings. The molecule has 0 saturated heterocycles. The minimum Gasteiger partial charge on any atom is -0.489 e. The van der Waals surface area contributed by atoms with Crippen LogP contribution in [0.2, 0.25) is 0 Å². The summed E-state index contributed by atoms with van der Waals surface area (Å²) in [6.07, 6.45) is 3.81. The Balaban J connectivity index is 2.34. The van der Waals surface area contributed by atoms with Crippen LogP contribution in [0.15, 0.2) is 12.1 Å². The van der Waals surface area contributed by atoms with Gasteiger partial charge in [-0.05, 0) is 30.9 Å². The van der Waals surface area contributed by atoms with E-state index in [9.17, 15) is 0 Å². The molecule has 4 nitrogen and oxygen atoms in total. The Morgan fingerprint density at radius 3 is 3.00 bits per heavy atom. The molecule has 4 N–H and O–H groups in total. The van der Waals surface area contributed by atoms with Gasteiger partial charge in [0.05, 0.1) is 6.61 Å². The molecule has 2 rings (SSSR count). The third-order valence-electron chi connectivity index (χ3n) is 2.85. The molecule has 4 heteroatoms. The zero-order chi connectivity index (χ0) is 12.8. The first-order chi connectivity index (χ1) is 8.85. The molecule has 18 heavy (non-hydrogen) atoms. The molecule has 0 unspecified atom stereocenters. The maximum absolute atomic E-state index is 5.68. The average molecular weight is 246 g/mol. The fourth-order valence-electron chi connectivity index (χ4n) is 2.00. The van der Waals surface area contributed by atoms with Crippen molar-refractivity contribution in [1.82, 2.24) is 0 Å². The van der Waals surface area contributed by atoms with Crippen LogP contribution in [0.4, 0.5) is 0 Å². The van der Waals surface area contributed by atoms with Crippen LogP contribution < -0.4 is 21.2 Å². The molecule has 0 fully saturated rings. The second kappa shape index (κ2) is 6.29. The van der Waals surface area contributed by atoms with Crippen LogP contribution in [0.5, 0.6) is 11.5 Å². The summed E-state index contributed by atoms with van der Waals surface area (Å²) in [5.74, 6) is 12.7. The summed E-state index contributed by atoms with van der Waals surface area (Å²) >= 11 is 0. The number of hydrogen-bond donors (Lipinski definition) is 2. The van der Waals surface area contributed by atoms with Crippen LogP contribution in [-0.2, 0) is 6.42 Å². The number of rotatable bonds is 2. The van der Waals surface area contributed by atoms with Crippen molar-refractivity contribution in [3.63, 3.8) is 0 Å². The lowest BCUT2D eigenvalue weighted by Gasteiger charge is -2.11. The SMILES string of the molecule is NCCC#Cc1cc2c(c(ON)c1)OCCCC2. The molecule has 0 atom stereocenters. The van der Waals surface area contributed by atoms with Crippen molar-refractivity contribution < 1.29 is 9.57 Å². The highest BCUT2D eigenvalue weighted by atomic mass is 16.6. The van der Waals surface area contributed by atoms with E-state index < -0.39 is 0 Å². The highest BCUT2D eigenvalue weighted by molar-refractivity contribution is 5.54. The molecule has 0 bridgehead atoms. The Morgan fingerprint density at radius 2 is 2.22 bits per heavy atom. The Bertz CT molecular complexity index is 475. The smallest absolute Gasteiger partial charge is 0.190 e. The molecule has 0 radical (unpaired) electrons. The van der Waals surface area contributed by atoms with Crippen molar-refractivity contribution in [2.45, 2.75) is 25.7 Å². The van der Waals surface area contributed by atoms with E-state index in [1.54, 1.807) is 0 Å². The van der Waals surface area contributed by atoms with E-state index in [0.29, 0.717) is 25.3 Å². The molecule has 1 heterocycles. The van der Waals surface area contributed by atoms with Crippen LogP contribution in [0.3, 0.4) is 0 Å². The summed E-state index contributed by atoms with van der Waals surface area (Å²) in [6, 6.07) is 3.86. The fraction of sp³-hybridized carbons (Fsp3) is 0.429. The van der Waals surface area contributed by atoms with Gasteiger partial charge in [-0.2, -0.15) is 5.90 Å². The van der Waals surface area contributed by atoms with Gasteiger partial charge in [0.1, 0.15) is 0 Å². The van der Waals surface area contributed by atoms with Gasteiger partial charge in [-0.1, -0.05) is 11.8 Å². The summed E-state index contributed by atoms with van der Waals surface area (Å²) in [4.78, 5) is 4.90. The zero-order valence-electron chi connectivity index (χ0n) is 10.4. The third kappa shape index (κ3) is 2.95. The fourth-order valence-corrected chi connectivity index (χ4v) is 2.00. The molecule has 0 saturated carbocycles. The summed E-state index contributed by atoms with van der Waals surface area (Å²) in [5, 5.41) is 0. The van der Waals surface area contributed by atoms with Crippen LogP contribution in [0.1, 0.15) is 30.4 Å². The predicted molar refractivity (Wildman–Crippen MR) is 70.2 cm³/mol. The highest BCUT2D eigenvalue weighted by Gasteiger charge is 2.15. The van der Waals surface area contributed by atoms with E-state index in [1.807, 2.05) is 12.1 Å². The van der Waals surface area contributed by atoms with Crippen molar-refractivity contribution in [3.8, 4) is 23.3 Å². The van der Waals surface area contributed by atoms with Crippen molar-refractivity contribution >= 4 is 0 Å². The first kappa shape index (κ1) is 12.7. The highest BCUT2D eigenvalue weighted by Crippen LogP contribution is 2.35. The number of hydrogen-bond acceptors (Lipinski definition) is 4. The Labute approximate surface area is 107 Å². The van der Waals surface area contributed by atoms with E-state index in [1.165, 1.54) is 0 Å². The number of aryl methyl sites for hydroxylation is 1. The van der Waals surface area contributed by atoms with Crippen molar-refractivity contribution in [3.05, 3.63) is 23.3 Å². The van der Waals surface area contributed by atoms with Crippen LogP contribution in [-0.4, -0.2) is 13.2 Å². The van der Waals surface area contributed by atoms with Crippen LogP contribution in [0.25, 0.3) is 0 Å². The Hall–Kier alpha value is -1.70. The third-order valence-corrected chi connectivity index (χ3v) is 2.85. The van der Waals surface area contributed by atoms with Gasteiger partial charge in [-0.25, -0.2) is 0 Å². The molecule has 96 valence electrons. The monoisotopic (exact) mass is 246 g/mol. The van der Waals surface area contributed by atoms with Gasteiger partial charge >= 0.3 is 0 Å². The first-order valence-electron chi connectivity index (χ1n) is 6.20. The molecular weight excluding hydrogens is 228 g/mol. The summed E-state index contributed by atoms with van der Waals surface area (Å²) in [6.45, 7) is 1.28. The van der Waals surface area contributed by atoms with E-state index in [4.69, 9.17) is 21.2 Å². The van der Waals surface area contributed by atoms with Gasteiger partial charge in [0.15, 0.2) is 11.5 Å². The topological polar surface area (TPSA) is 70.5 Å². The Morgan fingerprint density at radius 1 is 1.33 bits per heavy atom. The number of nitrogens with two attached hydrogens (primary N) is 2. The molecule has 0 spiro atoms. The van der Waals surface area contributed by atoms with Gasteiger partial charge in [-0.15, -0.1) is 0 Å². The number of benzene rings is 1. The summed E-state index contributed by atoms with van der Waals surface area (Å²) < 4.78 is 5.68. The first-order valence-corrected chi connectivity index (χ1v) is 6.20. The molecule has 0 amide bonds. The molecule has 0 aromatic heterocycles. The number of ether oxygens (including phenoxy) is 1. The van der Waals surface area contributed by atoms with Crippen LogP contribution >= 0.6 is 0 Å². The van der Waals surface area contributed by atoms with Gasteiger partial charge in [0.25, 0.3) is 0 Å². The molecule has 0 aliphatic carbocycles. The van der Waals surface area contributed by atoms with Gasteiger partial charge < -0.3 is 15.3 Å². The molecule has 1 aromatic carbocycles. The van der Waals surface area contributed by atoms with Crippen molar-refractivity contribution in [1.29, 1.82) is 0 Å². The second-order valence-electron chi connectivity index (χ2n) is 4.23. The van der Waals surface area contributed by atoms with Gasteiger partial charge in [0, 0.05) is 24.6 Å². The molecule has 1 aliphatic heterocycles. The lowest BCUT2D eigenvalue weighted by atomic mass is 10.0. The van der Waals surface area contributed by atoms with E-state index in [0.717, 1.165) is 36.1 Å². The van der Waals surface area contributed by atoms with E-state index >= 15 is 0 Å². The van der Waals surface area contributed by atoms with Crippen molar-refractivity contribution in [2.24, 2.45) is 11.6 Å². The molecule has 1 aliphatic rings. The van der Waals surface area contributed by atoms with Gasteiger partial charge in [0.2, 0.25) is 0 Å². The maximum atomic E-state index is 5.68. The minimum absolute atomic E-state index is 0.562. The minimum atomic E-state index is 0.562. The van der Waals surface area contributed by atoms with E-state index in [-0.39, 0.29) is 0 Å². The largest absolute Gasteiger partial charge is 0.489 e. The Kier molecular flexibility index (Phi) is 4.46. The van der Waals surface area contributed by atoms with Crippen molar-refractivity contribution in [2.75, 3.05) is 13.2 Å². The summed E-state index contributed by atoms with van der Waals surface area (Å²) in [7, 11) is 0. The number of fused-ring (bicyclic) bond motifs is 1. The zero-order valence-corrected chi connectivity index (χ0v) is 10.4. The standard InChI is InChI=1S/C14H18N2O2/c15-7-3-1-5-11-9-12-6-2-4-8-17-14(12)13(10-11)18-16/h9-10H,2-4,6-8,15-16H2. The molecular formula is C14H18N2O2. The quantitative estimate of drug-likeness (QED) is 0.610. The second-order valence-corrected chi connectivity index (χ2v) is 4.23. The lowest BCUT2D eigenvalue weighted by molar-refractivity contribution is 0.274. The lowest BCUT2D eigenvalue weighted by Crippen LogP contribution is -2.06. The van der Waals surface area contributed by atoms with Gasteiger partial charge in [-0.3, -0.25) is 0 Å². The summed E-state index contributed by atoms with van der Waals surface area (Å²) in [5.41, 5.74) is 7.43. The van der Waals surface area contributed by atoms with Crippen LogP contribution in [0, 0.1) is 11.8 Å². The maximum Gasteiger partial charge on any atom is 0.190 e. The van der Waals surface area contributed by atoms with E-state index in [2.05, 4.69) is 11.8 Å². The predicted octanol–water partition coefficient (Wildman–Crippen LogP) is 1.35. The average Bonchev–Trinajstić information content (AvgIpc) is 2.63.